The maximum Gasteiger partial charge on any atom is -0.0184 e. The maximum absolute atomic E-state index is 2.97. The van der Waals surface area contributed by atoms with Gasteiger partial charge in [-0.1, -0.05) is 31.2 Å². The Hall–Kier alpha value is -0.780. The quantitative estimate of drug-likeness (QED) is 0.512. The first-order valence-corrected chi connectivity index (χ1v) is 2.88. The molecule has 0 aromatic heterocycles. The average Bonchev–Trinajstić information content (AvgIpc) is 1.90. The van der Waals surface area contributed by atoms with Crippen molar-refractivity contribution in [1.82, 2.24) is 0 Å². The minimum absolute atomic E-state index is 1.12. The highest BCUT2D eigenvalue weighted by atomic mass is 13.9. The van der Waals surface area contributed by atoms with E-state index >= 15 is 0 Å². The fourth-order valence-electron chi connectivity index (χ4n) is 0.657. The van der Waals surface area contributed by atoms with E-state index in [0.29, 0.717) is 0 Å². The van der Waals surface area contributed by atoms with Crippen molar-refractivity contribution in [1.29, 1.82) is 0 Å². The molecule has 1 aromatic rings. The smallest absolute Gasteiger partial charge is 0.0184 e. The molecule has 0 aliphatic heterocycles. The fourth-order valence-corrected chi connectivity index (χ4v) is 0.657. The van der Waals surface area contributed by atoms with E-state index in [1.165, 1.54) is 5.56 Å². The van der Waals surface area contributed by atoms with Gasteiger partial charge >= 0.3 is 0 Å². The molecule has 0 bridgehead atoms. The van der Waals surface area contributed by atoms with Crippen LogP contribution in [0.15, 0.2) is 24.3 Å². The lowest BCUT2D eigenvalue weighted by molar-refractivity contribution is 1.14. The molecule has 0 aliphatic rings. The van der Waals surface area contributed by atoms with Crippen molar-refractivity contribution in [3.05, 3.63) is 35.9 Å². The Bertz CT molecular complexity index is 141. The highest BCUT2D eigenvalue weighted by molar-refractivity contribution is 5.12. The van der Waals surface area contributed by atoms with Crippen LogP contribution in [0, 0.1) is 6.07 Å². The van der Waals surface area contributed by atoms with Crippen LogP contribution in [0.4, 0.5) is 0 Å². The van der Waals surface area contributed by atoms with E-state index in [4.69, 9.17) is 0 Å². The summed E-state index contributed by atoms with van der Waals surface area (Å²) in [7, 11) is 0. The van der Waals surface area contributed by atoms with Crippen LogP contribution in [-0.4, -0.2) is 0 Å². The number of hydrogen-bond donors (Lipinski definition) is 0. The largest absolute Gasteiger partial charge is 0.0613 e. The minimum atomic E-state index is 1.12. The third-order valence-corrected chi connectivity index (χ3v) is 1.20. The van der Waals surface area contributed by atoms with Crippen molar-refractivity contribution >= 4 is 0 Å². The molecule has 0 unspecified atom stereocenters. The van der Waals surface area contributed by atoms with Crippen molar-refractivity contribution < 1.29 is 0 Å². The second-order valence-corrected chi connectivity index (χ2v) is 1.76. The predicted octanol–water partition coefficient (Wildman–Crippen LogP) is 2.05. The third kappa shape index (κ3) is 1.09. The molecule has 0 saturated carbocycles. The number of aryl methyl sites for hydroxylation is 1. The van der Waals surface area contributed by atoms with E-state index in [9.17, 15) is 0 Å². The maximum atomic E-state index is 2.97. The SMILES string of the molecule is CCc1cc[c]cc1. The lowest BCUT2D eigenvalue weighted by Gasteiger charge is -1.89. The van der Waals surface area contributed by atoms with Gasteiger partial charge in [-0.2, -0.15) is 0 Å². The summed E-state index contributed by atoms with van der Waals surface area (Å²) in [5, 5.41) is 0. The topological polar surface area (TPSA) is 0 Å². The molecule has 0 aliphatic carbocycles. The molecule has 0 heteroatoms. The Kier molecular flexibility index (Phi) is 1.68. The Balaban J connectivity index is 2.83. The Morgan fingerprint density at radius 3 is 2.38 bits per heavy atom. The van der Waals surface area contributed by atoms with Gasteiger partial charge in [0.15, 0.2) is 0 Å². The van der Waals surface area contributed by atoms with Gasteiger partial charge in [0.1, 0.15) is 0 Å². The van der Waals surface area contributed by atoms with Gasteiger partial charge in [-0.15, -0.1) is 0 Å². The standard InChI is InChI=1S/C8H9/c1-2-8-6-4-3-5-7-8/h4-7H,2H2,1H3. The Morgan fingerprint density at radius 2 is 2.00 bits per heavy atom. The lowest BCUT2D eigenvalue weighted by Crippen LogP contribution is -1.74. The summed E-state index contributed by atoms with van der Waals surface area (Å²) < 4.78 is 0. The molecule has 1 aromatic carbocycles. The first-order valence-electron chi connectivity index (χ1n) is 2.88. The molecule has 8 heavy (non-hydrogen) atoms. The Labute approximate surface area is 50.2 Å². The van der Waals surface area contributed by atoms with E-state index < -0.39 is 0 Å². The van der Waals surface area contributed by atoms with Gasteiger partial charge in [0.25, 0.3) is 0 Å². The van der Waals surface area contributed by atoms with Crippen LogP contribution in [0.5, 0.6) is 0 Å². The molecule has 1 radical (unpaired) electrons. The van der Waals surface area contributed by atoms with Crippen LogP contribution in [0.2, 0.25) is 0 Å². The number of hydrogen-bond acceptors (Lipinski definition) is 0. The summed E-state index contributed by atoms with van der Waals surface area (Å²) in [5.74, 6) is 0. The van der Waals surface area contributed by atoms with Gasteiger partial charge in [0.05, 0.1) is 0 Å². The molecule has 0 nitrogen and oxygen atoms in total. The van der Waals surface area contributed by atoms with E-state index in [0.717, 1.165) is 6.42 Å². The van der Waals surface area contributed by atoms with Gasteiger partial charge in [-0.3, -0.25) is 0 Å². The predicted molar refractivity (Wildman–Crippen MR) is 34.7 cm³/mol. The van der Waals surface area contributed by atoms with Gasteiger partial charge in [-0.25, -0.2) is 0 Å². The Morgan fingerprint density at radius 1 is 1.38 bits per heavy atom. The van der Waals surface area contributed by atoms with Gasteiger partial charge in [0, 0.05) is 0 Å². The third-order valence-electron chi connectivity index (χ3n) is 1.20. The van der Waals surface area contributed by atoms with Crippen LogP contribution < -0.4 is 0 Å². The summed E-state index contributed by atoms with van der Waals surface area (Å²) in [6.45, 7) is 2.15. The van der Waals surface area contributed by atoms with Crippen LogP contribution in [0.3, 0.4) is 0 Å². The van der Waals surface area contributed by atoms with E-state index in [1.807, 2.05) is 12.1 Å². The first kappa shape index (κ1) is 5.36. The minimum Gasteiger partial charge on any atom is -0.0613 e. The molecule has 0 spiro atoms. The van der Waals surface area contributed by atoms with E-state index in [-0.39, 0.29) is 0 Å². The van der Waals surface area contributed by atoms with Crippen LogP contribution in [-0.2, 0) is 6.42 Å². The van der Waals surface area contributed by atoms with Gasteiger partial charge < -0.3 is 0 Å². The number of benzene rings is 1. The highest BCUT2D eigenvalue weighted by Crippen LogP contribution is 1.96. The second kappa shape index (κ2) is 2.51. The van der Waals surface area contributed by atoms with Gasteiger partial charge in [-0.05, 0) is 18.1 Å². The molecule has 41 valence electrons. The highest BCUT2D eigenvalue weighted by Gasteiger charge is 1.80. The molecular formula is C8H9. The van der Waals surface area contributed by atoms with E-state index in [1.54, 1.807) is 0 Å². The molecule has 0 fully saturated rings. The fraction of sp³-hybridized carbons (Fsp3) is 0.250. The zero-order valence-electron chi connectivity index (χ0n) is 5.02. The average molecular weight is 105 g/mol. The second-order valence-electron chi connectivity index (χ2n) is 1.76. The molecular weight excluding hydrogens is 96.1 g/mol. The van der Waals surface area contributed by atoms with Crippen molar-refractivity contribution in [3.63, 3.8) is 0 Å². The van der Waals surface area contributed by atoms with Crippen molar-refractivity contribution in [2.24, 2.45) is 0 Å². The zero-order valence-corrected chi connectivity index (χ0v) is 5.02. The zero-order chi connectivity index (χ0) is 5.82. The van der Waals surface area contributed by atoms with Crippen LogP contribution >= 0.6 is 0 Å². The molecule has 0 heterocycles. The van der Waals surface area contributed by atoms with Crippen molar-refractivity contribution in [2.75, 3.05) is 0 Å². The normalized spacial score (nSPS) is 9.12. The lowest BCUT2D eigenvalue weighted by atomic mass is 10.2. The van der Waals surface area contributed by atoms with Crippen molar-refractivity contribution in [2.45, 2.75) is 13.3 Å². The van der Waals surface area contributed by atoms with Crippen molar-refractivity contribution in [3.8, 4) is 0 Å². The molecule has 0 N–H and O–H groups in total. The monoisotopic (exact) mass is 105 g/mol. The molecule has 0 amide bonds. The summed E-state index contributed by atoms with van der Waals surface area (Å²) in [4.78, 5) is 0. The van der Waals surface area contributed by atoms with Gasteiger partial charge in [0.2, 0.25) is 0 Å². The van der Waals surface area contributed by atoms with Crippen LogP contribution in [0.25, 0.3) is 0 Å². The molecule has 0 atom stereocenters. The molecule has 1 rings (SSSR count). The molecule has 0 saturated heterocycles. The number of rotatable bonds is 1. The van der Waals surface area contributed by atoms with Crippen LogP contribution in [0.1, 0.15) is 12.5 Å². The summed E-state index contributed by atoms with van der Waals surface area (Å²) in [6, 6.07) is 11.0. The van der Waals surface area contributed by atoms with E-state index in [2.05, 4.69) is 25.1 Å². The summed E-state index contributed by atoms with van der Waals surface area (Å²) >= 11 is 0. The summed E-state index contributed by atoms with van der Waals surface area (Å²) in [6.07, 6.45) is 1.12. The first-order chi connectivity index (χ1) is 3.93. The summed E-state index contributed by atoms with van der Waals surface area (Å²) in [5.41, 5.74) is 1.38.